The topological polar surface area (TPSA) is 38.3 Å². The minimum atomic E-state index is -0.241. The minimum absolute atomic E-state index is 0.00625. The summed E-state index contributed by atoms with van der Waals surface area (Å²) < 4.78 is 5.33. The van der Waals surface area contributed by atoms with Crippen molar-refractivity contribution in [3.8, 4) is 0 Å². The van der Waals surface area contributed by atoms with Crippen LogP contribution in [0.3, 0.4) is 0 Å². The lowest BCUT2D eigenvalue weighted by molar-refractivity contribution is -0.130. The van der Waals surface area contributed by atoms with Crippen molar-refractivity contribution in [3.05, 3.63) is 35.4 Å². The van der Waals surface area contributed by atoms with Gasteiger partial charge in [0.2, 0.25) is 5.91 Å². The summed E-state index contributed by atoms with van der Waals surface area (Å²) in [5.74, 6) is 0.00625. The van der Waals surface area contributed by atoms with E-state index in [9.17, 15) is 4.79 Å². The van der Waals surface area contributed by atoms with Crippen LogP contribution in [0.5, 0.6) is 0 Å². The third-order valence-corrected chi connectivity index (χ3v) is 3.48. The molecule has 1 amide bonds. The smallest absolute Gasteiger partial charge is 0.249 e. The van der Waals surface area contributed by atoms with Crippen LogP contribution >= 0.6 is 15.9 Å². The minimum Gasteiger partial charge on any atom is -0.368 e. The second kappa shape index (κ2) is 6.17. The van der Waals surface area contributed by atoms with E-state index in [4.69, 9.17) is 4.74 Å². The van der Waals surface area contributed by atoms with Crippen molar-refractivity contribution in [1.82, 2.24) is 5.32 Å². The number of alkyl halides is 1. The van der Waals surface area contributed by atoms with Crippen molar-refractivity contribution in [2.75, 3.05) is 6.61 Å². The molecule has 0 saturated carbocycles. The van der Waals surface area contributed by atoms with Crippen LogP contribution in [-0.4, -0.2) is 18.6 Å². The second-order valence-electron chi connectivity index (χ2n) is 4.17. The third-order valence-electron chi connectivity index (χ3n) is 2.83. The van der Waals surface area contributed by atoms with Crippen molar-refractivity contribution in [2.45, 2.75) is 30.8 Å². The van der Waals surface area contributed by atoms with Gasteiger partial charge in [0.05, 0.1) is 0 Å². The van der Waals surface area contributed by atoms with E-state index in [1.807, 2.05) is 12.1 Å². The van der Waals surface area contributed by atoms with E-state index in [1.54, 1.807) is 0 Å². The highest BCUT2D eigenvalue weighted by Crippen LogP contribution is 2.12. The van der Waals surface area contributed by atoms with Crippen LogP contribution in [0.1, 0.15) is 24.0 Å². The summed E-state index contributed by atoms with van der Waals surface area (Å²) >= 11 is 3.42. The number of benzene rings is 1. The van der Waals surface area contributed by atoms with Gasteiger partial charge in [-0.2, -0.15) is 0 Å². The van der Waals surface area contributed by atoms with Crippen molar-refractivity contribution < 1.29 is 9.53 Å². The first kappa shape index (κ1) is 12.6. The van der Waals surface area contributed by atoms with E-state index in [2.05, 4.69) is 33.4 Å². The first-order valence-corrected chi connectivity index (χ1v) is 6.95. The number of hydrogen-bond acceptors (Lipinski definition) is 2. The monoisotopic (exact) mass is 297 g/mol. The Hall–Kier alpha value is -0.870. The molecule has 0 spiro atoms. The molecule has 1 N–H and O–H groups in total. The molecule has 17 heavy (non-hydrogen) atoms. The number of carbonyl (C=O) groups is 1. The van der Waals surface area contributed by atoms with E-state index in [0.29, 0.717) is 13.2 Å². The molecule has 0 radical (unpaired) electrons. The third kappa shape index (κ3) is 3.54. The highest BCUT2D eigenvalue weighted by molar-refractivity contribution is 9.08. The van der Waals surface area contributed by atoms with Crippen LogP contribution in [0.15, 0.2) is 24.3 Å². The lowest BCUT2D eigenvalue weighted by Gasteiger charge is -2.10. The molecular formula is C13H16BrNO2. The molecule has 0 bridgehead atoms. The quantitative estimate of drug-likeness (QED) is 0.867. The molecule has 0 aromatic heterocycles. The van der Waals surface area contributed by atoms with Crippen LogP contribution in [0, 0.1) is 0 Å². The maximum absolute atomic E-state index is 11.7. The summed E-state index contributed by atoms with van der Waals surface area (Å²) in [6.45, 7) is 1.27. The number of carbonyl (C=O) groups excluding carboxylic acids is 1. The van der Waals surface area contributed by atoms with Gasteiger partial charge in [-0.15, -0.1) is 0 Å². The van der Waals surface area contributed by atoms with Crippen molar-refractivity contribution in [1.29, 1.82) is 0 Å². The Morgan fingerprint density at radius 1 is 1.47 bits per heavy atom. The van der Waals surface area contributed by atoms with Gasteiger partial charge >= 0.3 is 0 Å². The molecule has 4 heteroatoms. The highest BCUT2D eigenvalue weighted by Gasteiger charge is 2.22. The molecule has 3 nitrogen and oxygen atoms in total. The Labute approximate surface area is 110 Å². The van der Waals surface area contributed by atoms with Crippen molar-refractivity contribution in [2.24, 2.45) is 0 Å². The number of ether oxygens (including phenoxy) is 1. The van der Waals surface area contributed by atoms with E-state index in [0.717, 1.165) is 23.7 Å². The molecule has 0 aliphatic carbocycles. The maximum atomic E-state index is 11.7. The molecule has 1 aliphatic rings. The Morgan fingerprint density at radius 3 is 3.00 bits per heavy atom. The van der Waals surface area contributed by atoms with Crippen molar-refractivity contribution in [3.63, 3.8) is 0 Å². The second-order valence-corrected chi connectivity index (χ2v) is 4.73. The molecule has 2 rings (SSSR count). The molecule has 1 aromatic rings. The van der Waals surface area contributed by atoms with Gasteiger partial charge in [0.1, 0.15) is 6.10 Å². The number of nitrogens with one attached hydrogen (secondary N) is 1. The fraction of sp³-hybridized carbons (Fsp3) is 0.462. The van der Waals surface area contributed by atoms with Gasteiger partial charge in [0, 0.05) is 18.5 Å². The Bertz CT molecular complexity index is 389. The van der Waals surface area contributed by atoms with Gasteiger partial charge in [0.25, 0.3) is 0 Å². The maximum Gasteiger partial charge on any atom is 0.249 e. The summed E-state index contributed by atoms with van der Waals surface area (Å²) in [7, 11) is 0. The van der Waals surface area contributed by atoms with Gasteiger partial charge < -0.3 is 10.1 Å². The van der Waals surface area contributed by atoms with Gasteiger partial charge in [0.15, 0.2) is 0 Å². The molecule has 1 saturated heterocycles. The lowest BCUT2D eigenvalue weighted by atomic mass is 10.1. The van der Waals surface area contributed by atoms with Gasteiger partial charge in [-0.1, -0.05) is 40.2 Å². The molecule has 1 fully saturated rings. The Balaban J connectivity index is 1.86. The number of halogens is 1. The van der Waals surface area contributed by atoms with E-state index in [-0.39, 0.29) is 12.0 Å². The zero-order chi connectivity index (χ0) is 12.1. The van der Waals surface area contributed by atoms with Crippen LogP contribution < -0.4 is 5.32 Å². The van der Waals surface area contributed by atoms with E-state index >= 15 is 0 Å². The predicted molar refractivity (Wildman–Crippen MR) is 69.9 cm³/mol. The molecule has 1 heterocycles. The van der Waals surface area contributed by atoms with Gasteiger partial charge in [-0.3, -0.25) is 4.79 Å². The molecule has 1 unspecified atom stereocenters. The first-order valence-electron chi connectivity index (χ1n) is 5.82. The molecule has 1 aliphatic heterocycles. The Morgan fingerprint density at radius 2 is 2.29 bits per heavy atom. The highest BCUT2D eigenvalue weighted by atomic mass is 79.9. The van der Waals surface area contributed by atoms with E-state index in [1.165, 1.54) is 5.56 Å². The number of hydrogen-bond donors (Lipinski definition) is 1. The zero-order valence-corrected chi connectivity index (χ0v) is 11.2. The predicted octanol–water partition coefficient (Wildman–Crippen LogP) is 2.38. The summed E-state index contributed by atoms with van der Waals surface area (Å²) in [6.07, 6.45) is 1.58. The van der Waals surface area contributed by atoms with Gasteiger partial charge in [-0.05, 0) is 24.0 Å². The summed E-state index contributed by atoms with van der Waals surface area (Å²) in [5.41, 5.74) is 2.34. The van der Waals surface area contributed by atoms with E-state index < -0.39 is 0 Å². The van der Waals surface area contributed by atoms with Crippen LogP contribution in [-0.2, 0) is 21.4 Å². The number of rotatable bonds is 4. The molecule has 92 valence electrons. The fourth-order valence-electron chi connectivity index (χ4n) is 1.91. The largest absolute Gasteiger partial charge is 0.368 e. The van der Waals surface area contributed by atoms with Crippen molar-refractivity contribution >= 4 is 21.8 Å². The molecule has 1 aromatic carbocycles. The fourth-order valence-corrected chi connectivity index (χ4v) is 2.26. The normalized spacial score (nSPS) is 19.2. The van der Waals surface area contributed by atoms with Crippen LogP contribution in [0.4, 0.5) is 0 Å². The average molecular weight is 298 g/mol. The van der Waals surface area contributed by atoms with Crippen LogP contribution in [0.2, 0.25) is 0 Å². The summed E-state index contributed by atoms with van der Waals surface area (Å²) in [4.78, 5) is 11.7. The first-order chi connectivity index (χ1) is 8.29. The Kier molecular flexibility index (Phi) is 4.57. The standard InChI is InChI=1S/C13H16BrNO2/c14-8-10-3-1-4-11(7-10)9-15-13(16)12-5-2-6-17-12/h1,3-4,7,12H,2,5-6,8-9H2,(H,15,16). The van der Waals surface area contributed by atoms with Crippen LogP contribution in [0.25, 0.3) is 0 Å². The molecule has 1 atom stereocenters. The lowest BCUT2D eigenvalue weighted by Crippen LogP contribution is -2.33. The summed E-state index contributed by atoms with van der Waals surface area (Å²) in [5, 5.41) is 3.75. The summed E-state index contributed by atoms with van der Waals surface area (Å²) in [6, 6.07) is 8.16. The average Bonchev–Trinajstić information content (AvgIpc) is 2.90. The SMILES string of the molecule is O=C(NCc1cccc(CBr)c1)C1CCCO1. The van der Waals surface area contributed by atoms with Gasteiger partial charge in [-0.25, -0.2) is 0 Å². The zero-order valence-electron chi connectivity index (χ0n) is 9.62. The number of amides is 1. The molecular weight excluding hydrogens is 282 g/mol.